The minimum Gasteiger partial charge on any atom is -0.463 e. The lowest BCUT2D eigenvalue weighted by Gasteiger charge is -2.32. The van der Waals surface area contributed by atoms with E-state index in [-0.39, 0.29) is 42.1 Å². The molecule has 7 nitrogen and oxygen atoms in total. The maximum Gasteiger partial charge on any atom is 0.317 e. The van der Waals surface area contributed by atoms with Crippen LogP contribution in [0.4, 0.5) is 18.0 Å². The molecule has 2 aromatic carbocycles. The largest absolute Gasteiger partial charge is 0.463 e. The van der Waals surface area contributed by atoms with Crippen molar-refractivity contribution in [3.05, 3.63) is 63.4 Å². The number of aromatic nitrogens is 1. The molecular formula is C24H25ClF3N3O4S. The van der Waals surface area contributed by atoms with Gasteiger partial charge in [-0.25, -0.2) is 22.9 Å². The smallest absolute Gasteiger partial charge is 0.317 e. The molecule has 36 heavy (non-hydrogen) atoms. The molecule has 0 aliphatic heterocycles. The molecule has 1 aromatic heterocycles. The van der Waals surface area contributed by atoms with Crippen LogP contribution < -0.4 is 5.32 Å². The number of likely N-dealkylation sites (N-methyl/N-ethyl adjacent to an activating group) is 1. The summed E-state index contributed by atoms with van der Waals surface area (Å²) in [6, 6.07) is 5.13. The second-order valence-corrected chi connectivity index (χ2v) is 10.4. The van der Waals surface area contributed by atoms with Crippen LogP contribution in [0.3, 0.4) is 0 Å². The minimum atomic E-state index is -1.19. The van der Waals surface area contributed by atoms with Crippen LogP contribution in [0.15, 0.2) is 30.3 Å². The average molecular weight is 544 g/mol. The van der Waals surface area contributed by atoms with Gasteiger partial charge in [0.25, 0.3) is 0 Å². The van der Waals surface area contributed by atoms with Crippen molar-refractivity contribution in [1.29, 1.82) is 0 Å². The van der Waals surface area contributed by atoms with E-state index in [1.54, 1.807) is 19.9 Å². The quantitative estimate of drug-likeness (QED) is 0.377. The number of benzene rings is 2. The van der Waals surface area contributed by atoms with E-state index in [1.165, 1.54) is 24.1 Å². The number of nitrogens with one attached hydrogen (secondary N) is 1. The first kappa shape index (κ1) is 27.7. The molecule has 1 atom stereocenters. The summed E-state index contributed by atoms with van der Waals surface area (Å²) >= 11 is 6.81. The summed E-state index contributed by atoms with van der Waals surface area (Å²) in [6.07, 6.45) is -0.156. The molecule has 2 amide bonds. The molecular weight excluding hydrogens is 519 g/mol. The van der Waals surface area contributed by atoms with Gasteiger partial charge in [-0.15, -0.1) is 11.3 Å². The fourth-order valence-electron chi connectivity index (χ4n) is 3.44. The molecule has 12 heteroatoms. The number of amides is 2. The predicted octanol–water partition coefficient (Wildman–Crippen LogP) is 4.82. The standard InChI is InChI=1S/C24H25ClF3N3O4S/c1-24(2,34)10-14(31(3)23(33)29-11-13-5-4-6-15(25)22(13)28)12-35-21(32)9-20-30-18-7-16(26)17(27)8-19(18)36-20/h4-8,14,34H,9-12H2,1-3H3,(H,29,33)/t14-/m0/s1. The molecule has 0 saturated carbocycles. The van der Waals surface area contributed by atoms with Gasteiger partial charge in [-0.2, -0.15) is 0 Å². The third-order valence-corrected chi connectivity index (χ3v) is 6.58. The van der Waals surface area contributed by atoms with E-state index in [9.17, 15) is 27.9 Å². The van der Waals surface area contributed by atoms with Crippen molar-refractivity contribution in [2.75, 3.05) is 13.7 Å². The number of thiazole rings is 1. The van der Waals surface area contributed by atoms with E-state index < -0.39 is 41.1 Å². The van der Waals surface area contributed by atoms with Gasteiger partial charge in [0.05, 0.1) is 33.3 Å². The molecule has 0 radical (unpaired) electrons. The number of fused-ring (bicyclic) bond motifs is 1. The van der Waals surface area contributed by atoms with Crippen molar-refractivity contribution in [2.24, 2.45) is 0 Å². The molecule has 1 heterocycles. The van der Waals surface area contributed by atoms with E-state index >= 15 is 0 Å². The number of ether oxygens (including phenoxy) is 1. The molecule has 194 valence electrons. The van der Waals surface area contributed by atoms with E-state index in [0.717, 1.165) is 23.5 Å². The van der Waals surface area contributed by atoms with Gasteiger partial charge >= 0.3 is 12.0 Å². The van der Waals surface area contributed by atoms with Gasteiger partial charge in [-0.1, -0.05) is 23.7 Å². The summed E-state index contributed by atoms with van der Waals surface area (Å²) in [6.45, 7) is 2.75. The summed E-state index contributed by atoms with van der Waals surface area (Å²) in [4.78, 5) is 30.5. The van der Waals surface area contributed by atoms with Crippen LogP contribution in [-0.2, 0) is 22.5 Å². The minimum absolute atomic E-state index is 0.0645. The highest BCUT2D eigenvalue weighted by molar-refractivity contribution is 7.18. The Hall–Kier alpha value is -2.89. The van der Waals surface area contributed by atoms with E-state index in [4.69, 9.17) is 16.3 Å². The zero-order valence-corrected chi connectivity index (χ0v) is 21.4. The Morgan fingerprint density at radius 1 is 1.25 bits per heavy atom. The van der Waals surface area contributed by atoms with Gasteiger partial charge in [-0.05, 0) is 32.4 Å². The van der Waals surface area contributed by atoms with Gasteiger partial charge in [0.2, 0.25) is 0 Å². The number of carbonyl (C=O) groups is 2. The first-order chi connectivity index (χ1) is 16.8. The van der Waals surface area contributed by atoms with Gasteiger partial charge in [0.15, 0.2) is 11.6 Å². The molecule has 0 unspecified atom stereocenters. The summed E-state index contributed by atoms with van der Waals surface area (Å²) in [7, 11) is 1.46. The van der Waals surface area contributed by atoms with Crippen molar-refractivity contribution in [3.8, 4) is 0 Å². The fourth-order valence-corrected chi connectivity index (χ4v) is 4.59. The Morgan fingerprint density at radius 3 is 2.64 bits per heavy atom. The van der Waals surface area contributed by atoms with Crippen molar-refractivity contribution >= 4 is 45.2 Å². The summed E-state index contributed by atoms with van der Waals surface area (Å²) in [5.41, 5.74) is -0.759. The lowest BCUT2D eigenvalue weighted by Crippen LogP contribution is -2.48. The Balaban J connectivity index is 1.62. The summed E-state index contributed by atoms with van der Waals surface area (Å²) in [5.74, 6) is -3.33. The molecule has 0 bridgehead atoms. The second kappa shape index (κ2) is 11.4. The third kappa shape index (κ3) is 7.31. The van der Waals surface area contributed by atoms with E-state index in [2.05, 4.69) is 10.3 Å². The van der Waals surface area contributed by atoms with Crippen molar-refractivity contribution in [1.82, 2.24) is 15.2 Å². The lowest BCUT2D eigenvalue weighted by atomic mass is 9.99. The van der Waals surface area contributed by atoms with Crippen molar-refractivity contribution < 1.29 is 32.6 Å². The van der Waals surface area contributed by atoms with Crippen LogP contribution in [0, 0.1) is 17.5 Å². The average Bonchev–Trinajstić information content (AvgIpc) is 3.17. The Morgan fingerprint density at radius 2 is 1.94 bits per heavy atom. The molecule has 2 N–H and O–H groups in total. The fraction of sp³-hybridized carbons (Fsp3) is 0.375. The van der Waals surface area contributed by atoms with Crippen molar-refractivity contribution in [2.45, 2.75) is 44.9 Å². The van der Waals surface area contributed by atoms with Crippen LogP contribution in [0.2, 0.25) is 5.02 Å². The SMILES string of the molecule is CN(C(=O)NCc1cccc(Cl)c1F)[C@H](COC(=O)Cc1nc2cc(F)c(F)cc2s1)CC(C)(C)O. The Labute approximate surface area is 214 Å². The third-order valence-electron chi connectivity index (χ3n) is 5.27. The van der Waals surface area contributed by atoms with Gasteiger partial charge < -0.3 is 20.1 Å². The lowest BCUT2D eigenvalue weighted by molar-refractivity contribution is -0.144. The van der Waals surface area contributed by atoms with Crippen LogP contribution >= 0.6 is 22.9 Å². The number of hydrogen-bond donors (Lipinski definition) is 2. The normalized spacial score (nSPS) is 12.4. The highest BCUT2D eigenvalue weighted by atomic mass is 35.5. The first-order valence-electron chi connectivity index (χ1n) is 10.9. The molecule has 0 spiro atoms. The topological polar surface area (TPSA) is 91.8 Å². The molecule has 0 saturated heterocycles. The molecule has 0 aliphatic rings. The Bertz CT molecular complexity index is 1230. The van der Waals surface area contributed by atoms with Gasteiger partial charge in [-0.3, -0.25) is 4.79 Å². The molecule has 0 aliphatic carbocycles. The summed E-state index contributed by atoms with van der Waals surface area (Å²) < 4.78 is 46.7. The van der Waals surface area contributed by atoms with Gasteiger partial charge in [0.1, 0.15) is 17.4 Å². The van der Waals surface area contributed by atoms with Crippen LogP contribution in [0.5, 0.6) is 0 Å². The maximum absolute atomic E-state index is 14.1. The number of urea groups is 1. The number of rotatable bonds is 9. The second-order valence-electron chi connectivity index (χ2n) is 8.85. The van der Waals surface area contributed by atoms with Crippen LogP contribution in [0.25, 0.3) is 10.2 Å². The zero-order valence-electron chi connectivity index (χ0n) is 19.8. The number of aliphatic hydroxyl groups is 1. The Kier molecular flexibility index (Phi) is 8.80. The molecule has 3 aromatic rings. The highest BCUT2D eigenvalue weighted by Crippen LogP contribution is 2.25. The maximum atomic E-state index is 14.1. The first-order valence-corrected chi connectivity index (χ1v) is 12.1. The van der Waals surface area contributed by atoms with Crippen LogP contribution in [0.1, 0.15) is 30.8 Å². The van der Waals surface area contributed by atoms with Crippen LogP contribution in [-0.4, -0.2) is 52.3 Å². The van der Waals surface area contributed by atoms with E-state index in [0.29, 0.717) is 9.71 Å². The predicted molar refractivity (Wildman–Crippen MR) is 130 cm³/mol. The molecule has 0 fully saturated rings. The monoisotopic (exact) mass is 543 g/mol. The number of esters is 1. The molecule has 3 rings (SSSR count). The zero-order chi connectivity index (χ0) is 26.6. The van der Waals surface area contributed by atoms with E-state index in [1.807, 2.05) is 0 Å². The highest BCUT2D eigenvalue weighted by Gasteiger charge is 2.28. The summed E-state index contributed by atoms with van der Waals surface area (Å²) in [5, 5.41) is 13.1. The number of halogens is 4. The number of hydrogen-bond acceptors (Lipinski definition) is 6. The van der Waals surface area contributed by atoms with Gasteiger partial charge in [0, 0.05) is 25.2 Å². The number of nitrogens with zero attached hydrogens (tertiary/aromatic N) is 2. The van der Waals surface area contributed by atoms with Crippen molar-refractivity contribution in [3.63, 3.8) is 0 Å². The number of carbonyl (C=O) groups excluding carboxylic acids is 2.